The van der Waals surface area contributed by atoms with E-state index in [4.69, 9.17) is 4.74 Å². The summed E-state index contributed by atoms with van der Waals surface area (Å²) in [5.74, 6) is -1.39. The number of aliphatic hydroxyl groups is 1. The number of aliphatic hydroxyl groups excluding tert-OH is 1. The van der Waals surface area contributed by atoms with Crippen LogP contribution >= 0.6 is 0 Å². The van der Waals surface area contributed by atoms with Gasteiger partial charge in [0.15, 0.2) is 0 Å². The topological polar surface area (TPSA) is 114 Å². The van der Waals surface area contributed by atoms with Gasteiger partial charge in [0.2, 0.25) is 0 Å². The Bertz CT molecular complexity index is 350. The molecule has 0 aliphatic heterocycles. The van der Waals surface area contributed by atoms with Crippen LogP contribution in [-0.2, 0) is 19.1 Å². The maximum atomic E-state index is 11.4. The summed E-state index contributed by atoms with van der Waals surface area (Å²) in [5, 5.41) is 13.9. The molecule has 0 aromatic carbocycles. The molecule has 2 amide bonds. The van der Waals surface area contributed by atoms with Crippen LogP contribution in [0.2, 0.25) is 0 Å². The van der Waals surface area contributed by atoms with Crippen molar-refractivity contribution in [1.82, 2.24) is 10.6 Å². The molecule has 0 fully saturated rings. The second-order valence-corrected chi connectivity index (χ2v) is 4.92. The van der Waals surface area contributed by atoms with Gasteiger partial charge in [-0.15, -0.1) is 0 Å². The summed E-state index contributed by atoms with van der Waals surface area (Å²) in [6.07, 6.45) is -2.22. The predicted molar refractivity (Wildman–Crippen MR) is 69.9 cm³/mol. The number of esters is 1. The van der Waals surface area contributed by atoms with Crippen LogP contribution in [0.15, 0.2) is 0 Å². The molecule has 3 N–H and O–H groups in total. The molecule has 0 rings (SSSR count). The monoisotopic (exact) mass is 290 g/mol. The Balaban J connectivity index is 3.97. The van der Waals surface area contributed by atoms with Gasteiger partial charge in [-0.05, 0) is 27.7 Å². The van der Waals surface area contributed by atoms with Gasteiger partial charge >= 0.3 is 12.1 Å². The highest BCUT2D eigenvalue weighted by Crippen LogP contribution is 2.06. The van der Waals surface area contributed by atoms with E-state index in [9.17, 15) is 19.5 Å². The molecule has 0 aromatic heterocycles. The molecule has 0 saturated heterocycles. The number of carbonyl (C=O) groups is 3. The summed E-state index contributed by atoms with van der Waals surface area (Å²) in [7, 11) is 0. The Hall–Kier alpha value is -1.83. The summed E-state index contributed by atoms with van der Waals surface area (Å²) >= 11 is 0. The van der Waals surface area contributed by atoms with Crippen molar-refractivity contribution >= 4 is 18.0 Å². The third kappa shape index (κ3) is 9.15. The molecule has 0 spiro atoms. The molecule has 8 heteroatoms. The van der Waals surface area contributed by atoms with Crippen molar-refractivity contribution in [3.8, 4) is 0 Å². The van der Waals surface area contributed by atoms with Crippen molar-refractivity contribution < 1.29 is 29.0 Å². The first-order valence-corrected chi connectivity index (χ1v) is 6.24. The van der Waals surface area contributed by atoms with Crippen molar-refractivity contribution in [2.75, 3.05) is 19.7 Å². The van der Waals surface area contributed by atoms with Crippen LogP contribution in [0.5, 0.6) is 0 Å². The minimum absolute atomic E-state index is 0.206. The molecule has 0 aliphatic rings. The van der Waals surface area contributed by atoms with Crippen molar-refractivity contribution in [1.29, 1.82) is 0 Å². The lowest BCUT2D eigenvalue weighted by Crippen LogP contribution is -2.45. The summed E-state index contributed by atoms with van der Waals surface area (Å²) in [6, 6.07) is 0. The Morgan fingerprint density at radius 3 is 2.30 bits per heavy atom. The van der Waals surface area contributed by atoms with Crippen molar-refractivity contribution in [3.63, 3.8) is 0 Å². The molecule has 0 aromatic rings. The van der Waals surface area contributed by atoms with Gasteiger partial charge in [-0.1, -0.05) is 0 Å². The average Bonchev–Trinajstić information content (AvgIpc) is 2.31. The zero-order valence-electron chi connectivity index (χ0n) is 12.2. The van der Waals surface area contributed by atoms with Crippen molar-refractivity contribution in [3.05, 3.63) is 0 Å². The first-order chi connectivity index (χ1) is 9.15. The normalized spacial score (nSPS) is 12.2. The maximum Gasteiger partial charge on any atom is 0.407 e. The molecule has 20 heavy (non-hydrogen) atoms. The first kappa shape index (κ1) is 18.2. The fourth-order valence-corrected chi connectivity index (χ4v) is 1.08. The predicted octanol–water partition coefficient (Wildman–Crippen LogP) is -0.449. The molecular weight excluding hydrogens is 268 g/mol. The third-order valence-electron chi connectivity index (χ3n) is 1.85. The summed E-state index contributed by atoms with van der Waals surface area (Å²) in [4.78, 5) is 33.7. The van der Waals surface area contributed by atoms with Gasteiger partial charge < -0.3 is 25.2 Å². The van der Waals surface area contributed by atoms with Gasteiger partial charge in [0, 0.05) is 0 Å². The number of alkyl carbamates (subject to hydrolysis) is 1. The molecule has 116 valence electrons. The van der Waals surface area contributed by atoms with Gasteiger partial charge in [-0.2, -0.15) is 0 Å². The van der Waals surface area contributed by atoms with Crippen LogP contribution in [0.3, 0.4) is 0 Å². The van der Waals surface area contributed by atoms with E-state index < -0.39 is 29.7 Å². The fourth-order valence-electron chi connectivity index (χ4n) is 1.08. The van der Waals surface area contributed by atoms with Gasteiger partial charge in [-0.3, -0.25) is 9.59 Å². The largest absolute Gasteiger partial charge is 0.465 e. The Morgan fingerprint density at radius 1 is 1.20 bits per heavy atom. The summed E-state index contributed by atoms with van der Waals surface area (Å²) < 4.78 is 9.53. The highest BCUT2D eigenvalue weighted by molar-refractivity contribution is 5.85. The van der Waals surface area contributed by atoms with Gasteiger partial charge in [0.25, 0.3) is 5.91 Å². The molecule has 1 atom stereocenters. The van der Waals surface area contributed by atoms with E-state index in [1.807, 2.05) is 0 Å². The molecule has 0 radical (unpaired) electrons. The van der Waals surface area contributed by atoms with Gasteiger partial charge in [0.1, 0.15) is 18.2 Å². The van der Waals surface area contributed by atoms with Crippen LogP contribution in [-0.4, -0.2) is 54.5 Å². The number of hydrogen-bond donors (Lipinski definition) is 3. The fraction of sp³-hybridized carbons (Fsp3) is 0.750. The zero-order valence-corrected chi connectivity index (χ0v) is 12.2. The molecular formula is C12H22N2O6. The van der Waals surface area contributed by atoms with Crippen molar-refractivity contribution in [2.24, 2.45) is 0 Å². The molecule has 0 aliphatic carbocycles. The number of amides is 2. The van der Waals surface area contributed by atoms with Crippen LogP contribution < -0.4 is 10.6 Å². The first-order valence-electron chi connectivity index (χ1n) is 6.24. The number of hydrogen-bond acceptors (Lipinski definition) is 6. The standard InChI is InChI=1S/C12H22N2O6/c1-5-19-9(16)7-13-10(17)8(15)6-14-11(18)20-12(2,3)4/h8,15H,5-7H2,1-4H3,(H,13,17)(H,14,18). The number of rotatable bonds is 6. The summed E-state index contributed by atoms with van der Waals surface area (Å²) in [5.41, 5.74) is -0.665. The highest BCUT2D eigenvalue weighted by atomic mass is 16.6. The van der Waals surface area contributed by atoms with Gasteiger partial charge in [-0.25, -0.2) is 4.79 Å². The average molecular weight is 290 g/mol. The van der Waals surface area contributed by atoms with Gasteiger partial charge in [0.05, 0.1) is 13.2 Å². The van der Waals surface area contributed by atoms with E-state index in [0.717, 1.165) is 0 Å². The molecule has 0 heterocycles. The smallest absolute Gasteiger partial charge is 0.407 e. The van der Waals surface area contributed by atoms with E-state index in [0.29, 0.717) is 0 Å². The van der Waals surface area contributed by atoms with Crippen molar-refractivity contribution in [2.45, 2.75) is 39.4 Å². The Kier molecular flexibility index (Phi) is 7.60. The second-order valence-electron chi connectivity index (χ2n) is 4.92. The minimum Gasteiger partial charge on any atom is -0.465 e. The number of nitrogens with one attached hydrogen (secondary N) is 2. The Morgan fingerprint density at radius 2 is 1.80 bits per heavy atom. The molecule has 1 unspecified atom stereocenters. The molecule has 8 nitrogen and oxygen atoms in total. The van der Waals surface area contributed by atoms with E-state index in [1.54, 1.807) is 27.7 Å². The Labute approximate surface area is 117 Å². The van der Waals surface area contributed by atoms with Crippen LogP contribution in [0.1, 0.15) is 27.7 Å². The summed E-state index contributed by atoms with van der Waals surface area (Å²) in [6.45, 7) is 6.26. The van der Waals surface area contributed by atoms with E-state index >= 15 is 0 Å². The SMILES string of the molecule is CCOC(=O)CNC(=O)C(O)CNC(=O)OC(C)(C)C. The molecule has 0 saturated carbocycles. The lowest BCUT2D eigenvalue weighted by atomic mass is 10.2. The number of ether oxygens (including phenoxy) is 2. The van der Waals surface area contributed by atoms with E-state index in [1.165, 1.54) is 0 Å². The lowest BCUT2D eigenvalue weighted by molar-refractivity contribution is -0.144. The molecule has 0 bridgehead atoms. The number of carbonyl (C=O) groups excluding carboxylic acids is 3. The van der Waals surface area contributed by atoms with Crippen LogP contribution in [0.4, 0.5) is 4.79 Å². The highest BCUT2D eigenvalue weighted by Gasteiger charge is 2.20. The minimum atomic E-state index is -1.48. The third-order valence-corrected chi connectivity index (χ3v) is 1.85. The van der Waals surface area contributed by atoms with Crippen LogP contribution in [0, 0.1) is 0 Å². The quantitative estimate of drug-likeness (QED) is 0.571. The van der Waals surface area contributed by atoms with Crippen LogP contribution in [0.25, 0.3) is 0 Å². The van der Waals surface area contributed by atoms with E-state index in [-0.39, 0.29) is 19.7 Å². The maximum absolute atomic E-state index is 11.4. The zero-order chi connectivity index (χ0) is 15.8. The second kappa shape index (κ2) is 8.36. The lowest BCUT2D eigenvalue weighted by Gasteiger charge is -2.20. The van der Waals surface area contributed by atoms with E-state index in [2.05, 4.69) is 15.4 Å².